The molecular formula is C28H21N3O6. The Labute approximate surface area is 211 Å². The van der Waals surface area contributed by atoms with Crippen molar-refractivity contribution >= 4 is 22.8 Å². The predicted molar refractivity (Wildman–Crippen MR) is 135 cm³/mol. The van der Waals surface area contributed by atoms with E-state index in [1.807, 2.05) is 37.3 Å². The van der Waals surface area contributed by atoms with Gasteiger partial charge in [0, 0.05) is 22.7 Å². The number of ether oxygens (including phenoxy) is 1. The number of benzene rings is 3. The first kappa shape index (κ1) is 23.7. The van der Waals surface area contributed by atoms with Crippen LogP contribution in [0.1, 0.15) is 38.9 Å². The van der Waals surface area contributed by atoms with Crippen molar-refractivity contribution in [2.45, 2.75) is 20.0 Å². The highest BCUT2D eigenvalue weighted by molar-refractivity contribution is 5.96. The number of aromatic carboxylic acids is 2. The van der Waals surface area contributed by atoms with E-state index in [0.717, 1.165) is 11.3 Å². The van der Waals surface area contributed by atoms with Gasteiger partial charge in [0.1, 0.15) is 12.4 Å². The lowest BCUT2D eigenvalue weighted by Gasteiger charge is -2.12. The number of aryl methyl sites for hydroxylation is 1. The molecule has 0 spiro atoms. The predicted octanol–water partition coefficient (Wildman–Crippen LogP) is 5.49. The first-order valence-electron chi connectivity index (χ1n) is 11.5. The van der Waals surface area contributed by atoms with Crippen molar-refractivity contribution < 1.29 is 29.0 Å². The molecule has 0 atom stereocenters. The molecule has 2 N–H and O–H groups in total. The van der Waals surface area contributed by atoms with Crippen molar-refractivity contribution in [1.82, 2.24) is 15.2 Å². The largest absolute Gasteiger partial charge is 0.488 e. The van der Waals surface area contributed by atoms with E-state index in [2.05, 4.69) is 15.2 Å². The summed E-state index contributed by atoms with van der Waals surface area (Å²) in [6.07, 6.45) is 0.713. The molecule has 37 heavy (non-hydrogen) atoms. The van der Waals surface area contributed by atoms with Gasteiger partial charge in [0.15, 0.2) is 0 Å². The molecule has 0 fully saturated rings. The van der Waals surface area contributed by atoms with Crippen LogP contribution in [0.3, 0.4) is 0 Å². The molecule has 3 aromatic carbocycles. The van der Waals surface area contributed by atoms with Gasteiger partial charge in [-0.3, -0.25) is 4.98 Å². The topological polar surface area (TPSA) is 136 Å². The average Bonchev–Trinajstić information content (AvgIpc) is 3.41. The van der Waals surface area contributed by atoms with E-state index >= 15 is 0 Å². The molecule has 2 aromatic heterocycles. The molecule has 9 nitrogen and oxygen atoms in total. The molecule has 0 amide bonds. The third-order valence-electron chi connectivity index (χ3n) is 5.84. The number of nitrogens with zero attached hydrogens (tertiary/aromatic N) is 3. The zero-order chi connectivity index (χ0) is 25.9. The number of carboxylic acids is 2. The Morgan fingerprint density at radius 3 is 2.38 bits per heavy atom. The first-order chi connectivity index (χ1) is 17.9. The van der Waals surface area contributed by atoms with Gasteiger partial charge in [-0.2, -0.15) is 0 Å². The van der Waals surface area contributed by atoms with Gasteiger partial charge in [0.2, 0.25) is 11.8 Å². The fourth-order valence-electron chi connectivity index (χ4n) is 3.89. The summed E-state index contributed by atoms with van der Waals surface area (Å²) in [7, 11) is 0. The highest BCUT2D eigenvalue weighted by Gasteiger charge is 2.17. The quantitative estimate of drug-likeness (QED) is 0.286. The maximum absolute atomic E-state index is 11.5. The van der Waals surface area contributed by atoms with Crippen molar-refractivity contribution in [3.05, 3.63) is 95.2 Å². The highest BCUT2D eigenvalue weighted by Crippen LogP contribution is 2.29. The molecular weight excluding hydrogens is 474 g/mol. The number of carbonyl (C=O) groups is 2. The van der Waals surface area contributed by atoms with Crippen LogP contribution in [0, 0.1) is 0 Å². The van der Waals surface area contributed by atoms with E-state index in [-0.39, 0.29) is 29.5 Å². The molecule has 184 valence electrons. The van der Waals surface area contributed by atoms with Gasteiger partial charge in [-0.1, -0.05) is 31.2 Å². The summed E-state index contributed by atoms with van der Waals surface area (Å²) in [5.41, 5.74) is 3.65. The lowest BCUT2D eigenvalue weighted by Crippen LogP contribution is -2.01. The van der Waals surface area contributed by atoms with Crippen LogP contribution in [-0.4, -0.2) is 37.3 Å². The first-order valence-corrected chi connectivity index (χ1v) is 11.5. The molecule has 9 heteroatoms. The smallest absolute Gasteiger partial charge is 0.336 e. The van der Waals surface area contributed by atoms with Gasteiger partial charge in [-0.25, -0.2) is 9.59 Å². The van der Waals surface area contributed by atoms with Crippen LogP contribution in [0.4, 0.5) is 0 Å². The van der Waals surface area contributed by atoms with Crippen LogP contribution in [0.25, 0.3) is 33.8 Å². The second kappa shape index (κ2) is 9.90. The molecule has 0 radical (unpaired) electrons. The van der Waals surface area contributed by atoms with Crippen LogP contribution in [0.2, 0.25) is 0 Å². The fourth-order valence-corrected chi connectivity index (χ4v) is 3.89. The molecule has 2 heterocycles. The van der Waals surface area contributed by atoms with E-state index in [0.29, 0.717) is 34.2 Å². The monoisotopic (exact) mass is 495 g/mol. The number of hydrogen-bond donors (Lipinski definition) is 2. The Balaban J connectivity index is 1.36. The second-order valence-corrected chi connectivity index (χ2v) is 8.25. The molecule has 0 aliphatic heterocycles. The number of aromatic nitrogens is 3. The SMILES string of the molecule is CCc1cc(OCc2ccc(-c3nnc(-c4ccccc4C(=O)O)o3)cc2)c2cc(C(=O)O)ccc2n1. The van der Waals surface area contributed by atoms with Crippen LogP contribution in [-0.2, 0) is 13.0 Å². The number of pyridine rings is 1. The third kappa shape index (κ3) is 4.87. The molecule has 0 saturated carbocycles. The molecule has 5 aromatic rings. The zero-order valence-electron chi connectivity index (χ0n) is 19.7. The van der Waals surface area contributed by atoms with Crippen LogP contribution in [0.15, 0.2) is 77.2 Å². The summed E-state index contributed by atoms with van der Waals surface area (Å²) in [6, 6.07) is 20.4. The average molecular weight is 495 g/mol. The summed E-state index contributed by atoms with van der Waals surface area (Å²) in [5.74, 6) is -1.15. The van der Waals surface area contributed by atoms with Gasteiger partial charge in [-0.15, -0.1) is 10.2 Å². The summed E-state index contributed by atoms with van der Waals surface area (Å²) in [6.45, 7) is 2.24. The molecule has 5 rings (SSSR count). The van der Waals surface area contributed by atoms with Crippen molar-refractivity contribution in [3.8, 4) is 28.7 Å². The normalized spacial score (nSPS) is 10.9. The summed E-state index contributed by atoms with van der Waals surface area (Å²) in [5, 5.41) is 27.5. The highest BCUT2D eigenvalue weighted by atomic mass is 16.5. The van der Waals surface area contributed by atoms with Crippen molar-refractivity contribution in [3.63, 3.8) is 0 Å². The number of rotatable bonds is 8. The molecule has 0 aliphatic carbocycles. The second-order valence-electron chi connectivity index (χ2n) is 8.25. The lowest BCUT2D eigenvalue weighted by atomic mass is 10.1. The standard InChI is InChI=1S/C28H21N3O6/c1-2-19-14-24(22-13-18(27(32)33)11-12-23(22)29-19)36-15-16-7-9-17(10-8-16)25-30-31-26(37-25)20-5-3-4-6-21(20)28(34)35/h3-14H,2,15H2,1H3,(H,32,33)(H,34,35). The maximum atomic E-state index is 11.5. The fraction of sp³-hybridized carbons (Fsp3) is 0.107. The van der Waals surface area contributed by atoms with Crippen LogP contribution >= 0.6 is 0 Å². The molecule has 0 saturated heterocycles. The van der Waals surface area contributed by atoms with Crippen molar-refractivity contribution in [2.75, 3.05) is 0 Å². The van der Waals surface area contributed by atoms with Gasteiger partial charge in [-0.05, 0) is 54.4 Å². The number of carboxylic acid groups (broad SMARTS) is 2. The van der Waals surface area contributed by atoms with Crippen LogP contribution < -0.4 is 4.74 Å². The van der Waals surface area contributed by atoms with Crippen LogP contribution in [0.5, 0.6) is 5.75 Å². The minimum Gasteiger partial charge on any atom is -0.488 e. The minimum atomic E-state index is -1.08. The Kier molecular flexibility index (Phi) is 6.34. The van der Waals surface area contributed by atoms with E-state index in [1.165, 1.54) is 12.1 Å². The lowest BCUT2D eigenvalue weighted by molar-refractivity contribution is 0.0686. The van der Waals surface area contributed by atoms with E-state index in [1.54, 1.807) is 30.3 Å². The van der Waals surface area contributed by atoms with E-state index in [9.17, 15) is 19.8 Å². The van der Waals surface area contributed by atoms with E-state index in [4.69, 9.17) is 9.15 Å². The van der Waals surface area contributed by atoms with Gasteiger partial charge < -0.3 is 19.4 Å². The summed E-state index contributed by atoms with van der Waals surface area (Å²) < 4.78 is 11.8. The Morgan fingerprint density at radius 1 is 0.892 bits per heavy atom. The zero-order valence-corrected chi connectivity index (χ0v) is 19.7. The summed E-state index contributed by atoms with van der Waals surface area (Å²) in [4.78, 5) is 27.5. The van der Waals surface area contributed by atoms with Crippen molar-refractivity contribution in [1.29, 1.82) is 0 Å². The third-order valence-corrected chi connectivity index (χ3v) is 5.84. The Bertz CT molecular complexity index is 1630. The van der Waals surface area contributed by atoms with Crippen molar-refractivity contribution in [2.24, 2.45) is 0 Å². The van der Waals surface area contributed by atoms with Gasteiger partial charge in [0.25, 0.3) is 0 Å². The Hall–Kier alpha value is -5.05. The Morgan fingerprint density at radius 2 is 1.65 bits per heavy atom. The molecule has 0 bridgehead atoms. The van der Waals surface area contributed by atoms with E-state index < -0.39 is 11.9 Å². The molecule has 0 aliphatic rings. The maximum Gasteiger partial charge on any atom is 0.336 e. The summed E-state index contributed by atoms with van der Waals surface area (Å²) >= 11 is 0. The van der Waals surface area contributed by atoms with Gasteiger partial charge >= 0.3 is 11.9 Å². The molecule has 0 unspecified atom stereocenters. The minimum absolute atomic E-state index is 0.0792. The van der Waals surface area contributed by atoms with Gasteiger partial charge in [0.05, 0.1) is 22.2 Å². The number of hydrogen-bond acceptors (Lipinski definition) is 7. The number of fused-ring (bicyclic) bond motifs is 1.